The number of carbonyl (C=O) groups excluding carboxylic acids is 2. The highest BCUT2D eigenvalue weighted by atomic mass is 16.6. The number of carbonyl (C=O) groups is 2. The van der Waals surface area contributed by atoms with Crippen molar-refractivity contribution in [3.63, 3.8) is 0 Å². The largest absolute Gasteiger partial charge is 0.497 e. The molecule has 0 radical (unpaired) electrons. The summed E-state index contributed by atoms with van der Waals surface area (Å²) < 4.78 is 17.1. The van der Waals surface area contributed by atoms with Gasteiger partial charge >= 0.3 is 5.97 Å². The van der Waals surface area contributed by atoms with Gasteiger partial charge in [0.25, 0.3) is 0 Å². The number of likely N-dealkylation sites (N-methyl/N-ethyl adjacent to an activating group) is 1. The molecular weight excluding hydrogens is 468 g/mol. The molecule has 1 aromatic carbocycles. The van der Waals surface area contributed by atoms with Crippen LogP contribution in [0.4, 0.5) is 0 Å². The first kappa shape index (κ1) is 25.6. The lowest BCUT2D eigenvalue weighted by Gasteiger charge is -2.60. The molecule has 7 nitrogen and oxygen atoms in total. The molecule has 1 aliphatic heterocycles. The van der Waals surface area contributed by atoms with E-state index in [9.17, 15) is 9.59 Å². The van der Waals surface area contributed by atoms with Gasteiger partial charge in [0.2, 0.25) is 5.91 Å². The molecule has 3 fully saturated rings. The highest BCUT2D eigenvalue weighted by Crippen LogP contribution is 2.55. The average molecular weight is 507 g/mol. The smallest absolute Gasteiger partial charge is 0.303 e. The minimum absolute atomic E-state index is 0.0198. The molecule has 5 rings (SSSR count). The predicted octanol–water partition coefficient (Wildman–Crippen LogP) is 4.67. The Balaban J connectivity index is 1.48. The van der Waals surface area contributed by atoms with Crippen molar-refractivity contribution in [2.45, 2.75) is 62.5 Å². The maximum atomic E-state index is 13.2. The van der Waals surface area contributed by atoms with Gasteiger partial charge in [-0.2, -0.15) is 0 Å². The van der Waals surface area contributed by atoms with Crippen LogP contribution in [0.5, 0.6) is 5.75 Å². The van der Waals surface area contributed by atoms with E-state index in [2.05, 4.69) is 17.0 Å². The van der Waals surface area contributed by atoms with Gasteiger partial charge in [0.1, 0.15) is 11.4 Å². The van der Waals surface area contributed by atoms with Crippen LogP contribution in [-0.2, 0) is 19.7 Å². The molecule has 2 aliphatic carbocycles. The van der Waals surface area contributed by atoms with Crippen molar-refractivity contribution in [2.75, 3.05) is 33.8 Å². The lowest BCUT2D eigenvalue weighted by Crippen LogP contribution is -2.68. The number of esters is 1. The van der Waals surface area contributed by atoms with Crippen LogP contribution in [0, 0.1) is 5.92 Å². The Morgan fingerprint density at radius 3 is 2.76 bits per heavy atom. The number of methoxy groups -OCH3 is 1. The highest BCUT2D eigenvalue weighted by molar-refractivity contribution is 5.91. The number of piperidine rings is 1. The number of hydrogen-bond acceptors (Lipinski definition) is 6. The fourth-order valence-electron chi connectivity index (χ4n) is 6.57. The first-order valence-corrected chi connectivity index (χ1v) is 13.4. The number of furan rings is 1. The van der Waals surface area contributed by atoms with Crippen molar-refractivity contribution < 1.29 is 23.5 Å². The second-order valence-electron chi connectivity index (χ2n) is 11.1. The normalized spacial score (nSPS) is 28.0. The molecule has 3 aliphatic rings. The Kier molecular flexibility index (Phi) is 7.17. The van der Waals surface area contributed by atoms with E-state index in [1.165, 1.54) is 19.8 Å². The Hall–Kier alpha value is -3.06. The van der Waals surface area contributed by atoms with E-state index in [0.717, 1.165) is 61.7 Å². The summed E-state index contributed by atoms with van der Waals surface area (Å²) in [5, 5.41) is 0. The van der Waals surface area contributed by atoms with Crippen molar-refractivity contribution in [1.82, 2.24) is 9.80 Å². The first-order valence-electron chi connectivity index (χ1n) is 13.4. The third kappa shape index (κ3) is 5.19. The molecule has 0 unspecified atom stereocenters. The molecule has 1 saturated heterocycles. The number of benzene rings is 1. The van der Waals surface area contributed by atoms with E-state index in [1.807, 2.05) is 30.1 Å². The van der Waals surface area contributed by atoms with Gasteiger partial charge < -0.3 is 18.8 Å². The maximum Gasteiger partial charge on any atom is 0.303 e. The second-order valence-corrected chi connectivity index (χ2v) is 11.1. The Bertz CT molecular complexity index is 1140. The number of ether oxygens (including phenoxy) is 2. The minimum atomic E-state index is -0.647. The fourth-order valence-corrected chi connectivity index (χ4v) is 6.57. The van der Waals surface area contributed by atoms with Gasteiger partial charge in [-0.05, 0) is 80.8 Å². The highest BCUT2D eigenvalue weighted by Gasteiger charge is 2.61. The topological polar surface area (TPSA) is 72.2 Å². The monoisotopic (exact) mass is 506 g/mol. The predicted molar refractivity (Wildman–Crippen MR) is 141 cm³/mol. The SMILES string of the molecule is COc1cccc([C@@]23CCN(CC4CC4)C[C@@]2(OC(C)=O)CC[C@H](N(C)C(=O)/C=C/c2ccoc2)C3)c1. The minimum Gasteiger partial charge on any atom is -0.497 e. The van der Waals surface area contributed by atoms with Crippen LogP contribution >= 0.6 is 0 Å². The molecule has 2 saturated carbocycles. The molecule has 3 atom stereocenters. The zero-order valence-corrected chi connectivity index (χ0v) is 22.2. The van der Waals surface area contributed by atoms with E-state index < -0.39 is 11.0 Å². The number of amides is 1. The molecule has 198 valence electrons. The lowest BCUT2D eigenvalue weighted by molar-refractivity contribution is -0.190. The zero-order chi connectivity index (χ0) is 26.0. The first-order chi connectivity index (χ1) is 17.8. The van der Waals surface area contributed by atoms with Crippen LogP contribution in [0.2, 0.25) is 0 Å². The Morgan fingerprint density at radius 2 is 2.05 bits per heavy atom. The third-order valence-electron chi connectivity index (χ3n) is 8.70. The fraction of sp³-hybridized carbons (Fsp3) is 0.533. The van der Waals surface area contributed by atoms with Gasteiger partial charge in [-0.3, -0.25) is 14.5 Å². The standard InChI is InChI=1S/C30H38N2O5/c1-22(33)37-30-13-11-26(31(2)28(34)10-9-24-12-16-36-20-24)18-29(30,25-5-4-6-27(17-25)35-3)14-15-32(21-30)19-23-7-8-23/h4-6,9-10,12,16-17,20,23,26H,7-8,11,13-15,18-19,21H2,1-3H3/b10-9+/t26-,29-,30-/m0/s1. The van der Waals surface area contributed by atoms with Crippen LogP contribution in [0.3, 0.4) is 0 Å². The number of hydrogen-bond donors (Lipinski definition) is 0. The molecule has 2 aromatic rings. The van der Waals surface area contributed by atoms with Gasteiger partial charge in [0, 0.05) is 50.2 Å². The molecule has 7 heteroatoms. The van der Waals surface area contributed by atoms with Crippen molar-refractivity contribution in [3.05, 3.63) is 60.1 Å². The van der Waals surface area contributed by atoms with Crippen LogP contribution in [-0.4, -0.2) is 67.1 Å². The average Bonchev–Trinajstić information content (AvgIpc) is 3.55. The van der Waals surface area contributed by atoms with E-state index >= 15 is 0 Å². The number of likely N-dealkylation sites (tertiary alicyclic amines) is 1. The van der Waals surface area contributed by atoms with Crippen LogP contribution in [0.15, 0.2) is 53.4 Å². The summed E-state index contributed by atoms with van der Waals surface area (Å²) in [6, 6.07) is 10.0. The number of rotatable bonds is 8. The van der Waals surface area contributed by atoms with Gasteiger partial charge in [-0.1, -0.05) is 12.1 Å². The molecule has 0 N–H and O–H groups in total. The van der Waals surface area contributed by atoms with Crippen LogP contribution in [0.25, 0.3) is 6.08 Å². The summed E-state index contributed by atoms with van der Waals surface area (Å²) in [6.45, 7) is 4.26. The Morgan fingerprint density at radius 1 is 1.22 bits per heavy atom. The van der Waals surface area contributed by atoms with E-state index in [0.29, 0.717) is 6.42 Å². The quantitative estimate of drug-likeness (QED) is 0.383. The molecular formula is C30H38N2O5. The summed E-state index contributed by atoms with van der Waals surface area (Å²) >= 11 is 0. The molecule has 0 spiro atoms. The summed E-state index contributed by atoms with van der Waals surface area (Å²) in [5.41, 5.74) is 0.915. The van der Waals surface area contributed by atoms with Crippen molar-refractivity contribution >= 4 is 18.0 Å². The van der Waals surface area contributed by atoms with E-state index in [1.54, 1.807) is 31.8 Å². The van der Waals surface area contributed by atoms with Gasteiger partial charge in [0.15, 0.2) is 0 Å². The summed E-state index contributed by atoms with van der Waals surface area (Å²) in [5.74, 6) is 1.27. The number of nitrogens with zero attached hydrogens (tertiary/aromatic N) is 2. The van der Waals surface area contributed by atoms with Crippen molar-refractivity contribution in [1.29, 1.82) is 0 Å². The summed E-state index contributed by atoms with van der Waals surface area (Å²) in [6.07, 6.45) is 12.3. The Labute approximate surface area is 219 Å². The van der Waals surface area contributed by atoms with Crippen molar-refractivity contribution in [2.24, 2.45) is 5.92 Å². The zero-order valence-electron chi connectivity index (χ0n) is 22.2. The van der Waals surface area contributed by atoms with Gasteiger partial charge in [-0.15, -0.1) is 0 Å². The van der Waals surface area contributed by atoms with E-state index in [4.69, 9.17) is 13.9 Å². The molecule has 1 amide bonds. The third-order valence-corrected chi connectivity index (χ3v) is 8.70. The molecule has 1 aromatic heterocycles. The summed E-state index contributed by atoms with van der Waals surface area (Å²) in [7, 11) is 3.56. The lowest BCUT2D eigenvalue weighted by atomic mass is 9.55. The second kappa shape index (κ2) is 10.4. The van der Waals surface area contributed by atoms with Crippen molar-refractivity contribution in [3.8, 4) is 5.75 Å². The molecule has 37 heavy (non-hydrogen) atoms. The molecule has 0 bridgehead atoms. The van der Waals surface area contributed by atoms with Crippen LogP contribution in [0.1, 0.15) is 56.6 Å². The number of fused-ring (bicyclic) bond motifs is 1. The van der Waals surface area contributed by atoms with Crippen LogP contribution < -0.4 is 4.74 Å². The summed E-state index contributed by atoms with van der Waals surface area (Å²) in [4.78, 5) is 30.1. The maximum absolute atomic E-state index is 13.2. The van der Waals surface area contributed by atoms with Gasteiger partial charge in [0.05, 0.1) is 19.6 Å². The van der Waals surface area contributed by atoms with E-state index in [-0.39, 0.29) is 17.9 Å². The van der Waals surface area contributed by atoms with Gasteiger partial charge in [-0.25, -0.2) is 0 Å². The molecule has 2 heterocycles.